The Kier molecular flexibility index (Phi) is 3.74. The Morgan fingerprint density at radius 2 is 2.00 bits per heavy atom. The van der Waals surface area contributed by atoms with E-state index in [0.717, 1.165) is 11.4 Å². The maximum Gasteiger partial charge on any atom is 0.329 e. The Bertz CT molecular complexity index is 820. The highest BCUT2D eigenvalue weighted by Crippen LogP contribution is 2.32. The van der Waals surface area contributed by atoms with Gasteiger partial charge >= 0.3 is 5.97 Å². The third kappa shape index (κ3) is 2.31. The van der Waals surface area contributed by atoms with E-state index in [1.807, 2.05) is 18.4 Å². The molecule has 3 rings (SSSR count). The Labute approximate surface area is 139 Å². The number of nitrogens with zero attached hydrogens (tertiary/aromatic N) is 3. The fourth-order valence-electron chi connectivity index (χ4n) is 3.45. The van der Waals surface area contributed by atoms with Crippen molar-refractivity contribution in [3.8, 4) is 5.82 Å². The highest BCUT2D eigenvalue weighted by molar-refractivity contribution is 5.99. The molecule has 1 aliphatic heterocycles. The van der Waals surface area contributed by atoms with Crippen LogP contribution in [0.2, 0.25) is 0 Å². The number of likely N-dealkylation sites (tertiary alicyclic amines) is 1. The molecule has 0 aromatic carbocycles. The molecule has 1 amide bonds. The molecule has 3 heterocycles. The zero-order chi connectivity index (χ0) is 17.6. The molecule has 1 N–H and O–H groups in total. The summed E-state index contributed by atoms with van der Waals surface area (Å²) in [7, 11) is 0. The van der Waals surface area contributed by atoms with Crippen LogP contribution in [-0.4, -0.2) is 43.7 Å². The lowest BCUT2D eigenvalue weighted by Gasteiger charge is -2.31. The van der Waals surface area contributed by atoms with Crippen molar-refractivity contribution in [2.45, 2.75) is 46.1 Å². The second-order valence-corrected chi connectivity index (χ2v) is 6.56. The molecule has 1 fully saturated rings. The minimum absolute atomic E-state index is 0.253. The van der Waals surface area contributed by atoms with E-state index in [2.05, 4.69) is 5.16 Å². The number of rotatable bonds is 3. The number of amides is 1. The van der Waals surface area contributed by atoms with E-state index in [-0.39, 0.29) is 5.91 Å². The van der Waals surface area contributed by atoms with E-state index in [1.54, 1.807) is 26.0 Å². The largest absolute Gasteiger partial charge is 0.480 e. The number of carbonyl (C=O) groups is 2. The van der Waals surface area contributed by atoms with Crippen molar-refractivity contribution in [3.05, 3.63) is 34.8 Å². The Hall–Kier alpha value is -2.57. The van der Waals surface area contributed by atoms with Crippen molar-refractivity contribution in [2.24, 2.45) is 0 Å². The zero-order valence-electron chi connectivity index (χ0n) is 14.3. The number of aliphatic carboxylic acids is 1. The van der Waals surface area contributed by atoms with Gasteiger partial charge in [-0.3, -0.25) is 9.36 Å². The molecule has 2 aromatic rings. The third-order valence-electron chi connectivity index (χ3n) is 4.85. The van der Waals surface area contributed by atoms with E-state index >= 15 is 0 Å². The highest BCUT2D eigenvalue weighted by atomic mass is 16.5. The lowest BCUT2D eigenvalue weighted by atomic mass is 9.98. The summed E-state index contributed by atoms with van der Waals surface area (Å²) >= 11 is 0. The summed E-state index contributed by atoms with van der Waals surface area (Å²) in [4.78, 5) is 26.1. The van der Waals surface area contributed by atoms with Gasteiger partial charge in [0, 0.05) is 24.0 Å². The van der Waals surface area contributed by atoms with Gasteiger partial charge in [-0.2, -0.15) is 0 Å². The van der Waals surface area contributed by atoms with Gasteiger partial charge in [-0.1, -0.05) is 5.16 Å². The second-order valence-electron chi connectivity index (χ2n) is 6.56. The predicted octanol–water partition coefficient (Wildman–Crippen LogP) is 2.47. The molecule has 0 radical (unpaired) electrons. The molecule has 128 valence electrons. The number of carbonyl (C=O) groups excluding carboxylic acids is 1. The van der Waals surface area contributed by atoms with Crippen LogP contribution in [0.3, 0.4) is 0 Å². The van der Waals surface area contributed by atoms with Crippen molar-refractivity contribution < 1.29 is 19.2 Å². The number of hydrogen-bond donors (Lipinski definition) is 1. The standard InChI is InChI=1S/C17H21N3O4/c1-10-8-13(12(3)20(10)14-9-11(2)24-18-14)15(21)19-7-5-6-17(19,4)16(22)23/h8-9H,5-7H2,1-4H3,(H,22,23). The Morgan fingerprint density at radius 3 is 2.58 bits per heavy atom. The van der Waals surface area contributed by atoms with Crippen LogP contribution in [0, 0.1) is 20.8 Å². The van der Waals surface area contributed by atoms with Crippen LogP contribution in [0.4, 0.5) is 0 Å². The van der Waals surface area contributed by atoms with Crippen molar-refractivity contribution in [1.82, 2.24) is 14.6 Å². The van der Waals surface area contributed by atoms with Crippen molar-refractivity contribution in [2.75, 3.05) is 6.54 Å². The molecule has 0 spiro atoms. The van der Waals surface area contributed by atoms with Gasteiger partial charge in [-0.05, 0) is 46.6 Å². The molecular weight excluding hydrogens is 310 g/mol. The van der Waals surface area contributed by atoms with Gasteiger partial charge in [0.15, 0.2) is 5.82 Å². The highest BCUT2D eigenvalue weighted by Gasteiger charge is 2.46. The summed E-state index contributed by atoms with van der Waals surface area (Å²) in [6.45, 7) is 7.58. The summed E-state index contributed by atoms with van der Waals surface area (Å²) < 4.78 is 6.96. The smallest absolute Gasteiger partial charge is 0.329 e. The summed E-state index contributed by atoms with van der Waals surface area (Å²) in [6.07, 6.45) is 1.16. The van der Waals surface area contributed by atoms with Crippen LogP contribution in [-0.2, 0) is 4.79 Å². The predicted molar refractivity (Wildman–Crippen MR) is 86.4 cm³/mol. The van der Waals surface area contributed by atoms with Crippen LogP contribution >= 0.6 is 0 Å². The molecule has 1 saturated heterocycles. The normalized spacial score (nSPS) is 20.6. The fraction of sp³-hybridized carbons (Fsp3) is 0.471. The van der Waals surface area contributed by atoms with Gasteiger partial charge in [0.1, 0.15) is 11.3 Å². The maximum absolute atomic E-state index is 13.0. The van der Waals surface area contributed by atoms with E-state index in [0.29, 0.717) is 36.5 Å². The van der Waals surface area contributed by atoms with Crippen LogP contribution < -0.4 is 0 Å². The average molecular weight is 331 g/mol. The minimum atomic E-state index is -1.15. The summed E-state index contributed by atoms with van der Waals surface area (Å²) in [5.74, 6) is 0.0820. The van der Waals surface area contributed by atoms with Crippen molar-refractivity contribution >= 4 is 11.9 Å². The number of aryl methyl sites for hydroxylation is 2. The molecular formula is C17H21N3O4. The summed E-state index contributed by atoms with van der Waals surface area (Å²) in [5.41, 5.74) is 0.928. The van der Waals surface area contributed by atoms with Gasteiger partial charge in [0.2, 0.25) is 0 Å². The number of aromatic nitrogens is 2. The van der Waals surface area contributed by atoms with Crippen LogP contribution in [0.25, 0.3) is 5.82 Å². The van der Waals surface area contributed by atoms with Gasteiger partial charge < -0.3 is 14.5 Å². The first kappa shape index (κ1) is 16.3. The summed E-state index contributed by atoms with van der Waals surface area (Å²) in [5, 5.41) is 13.5. The zero-order valence-corrected chi connectivity index (χ0v) is 14.3. The molecule has 7 heteroatoms. The summed E-state index contributed by atoms with van der Waals surface area (Å²) in [6, 6.07) is 3.58. The molecule has 1 unspecified atom stereocenters. The lowest BCUT2D eigenvalue weighted by Crippen LogP contribution is -2.50. The topological polar surface area (TPSA) is 88.6 Å². The van der Waals surface area contributed by atoms with E-state index < -0.39 is 11.5 Å². The minimum Gasteiger partial charge on any atom is -0.480 e. The first-order valence-electron chi connectivity index (χ1n) is 7.93. The lowest BCUT2D eigenvalue weighted by molar-refractivity contribution is -0.147. The molecule has 24 heavy (non-hydrogen) atoms. The van der Waals surface area contributed by atoms with E-state index in [9.17, 15) is 14.7 Å². The SMILES string of the molecule is Cc1cc(-n2c(C)cc(C(=O)N3CCCC3(C)C(=O)O)c2C)no1. The number of carboxylic acid groups (broad SMARTS) is 1. The van der Waals surface area contributed by atoms with Crippen LogP contribution in [0.15, 0.2) is 16.7 Å². The molecule has 0 saturated carbocycles. The monoisotopic (exact) mass is 331 g/mol. The number of carboxylic acids is 1. The van der Waals surface area contributed by atoms with Crippen molar-refractivity contribution in [1.29, 1.82) is 0 Å². The molecule has 1 aliphatic rings. The van der Waals surface area contributed by atoms with Gasteiger partial charge in [-0.25, -0.2) is 4.79 Å². The molecule has 2 aromatic heterocycles. The van der Waals surface area contributed by atoms with Gasteiger partial charge in [0.25, 0.3) is 5.91 Å². The fourth-order valence-corrected chi connectivity index (χ4v) is 3.45. The molecule has 0 aliphatic carbocycles. The van der Waals surface area contributed by atoms with E-state index in [4.69, 9.17) is 4.52 Å². The number of hydrogen-bond acceptors (Lipinski definition) is 4. The van der Waals surface area contributed by atoms with Crippen LogP contribution in [0.1, 0.15) is 47.3 Å². The first-order chi connectivity index (χ1) is 11.3. The second kappa shape index (κ2) is 5.51. The maximum atomic E-state index is 13.0. The average Bonchev–Trinajstić information content (AvgIpc) is 3.18. The van der Waals surface area contributed by atoms with Crippen LogP contribution in [0.5, 0.6) is 0 Å². The molecule has 1 atom stereocenters. The molecule has 0 bridgehead atoms. The quantitative estimate of drug-likeness (QED) is 0.933. The van der Waals surface area contributed by atoms with E-state index in [1.165, 1.54) is 4.90 Å². The van der Waals surface area contributed by atoms with Gasteiger partial charge in [-0.15, -0.1) is 0 Å². The first-order valence-corrected chi connectivity index (χ1v) is 7.93. The third-order valence-corrected chi connectivity index (χ3v) is 4.85. The van der Waals surface area contributed by atoms with Crippen molar-refractivity contribution in [3.63, 3.8) is 0 Å². The Balaban J connectivity index is 2.02. The molecule has 7 nitrogen and oxygen atoms in total. The Morgan fingerprint density at radius 1 is 1.29 bits per heavy atom. The van der Waals surface area contributed by atoms with Gasteiger partial charge in [0.05, 0.1) is 5.56 Å².